The number of hydrogen-bond donors (Lipinski definition) is 3. The summed E-state index contributed by atoms with van der Waals surface area (Å²) in [5, 5.41) is 14.6. The van der Waals surface area contributed by atoms with Crippen molar-refractivity contribution >= 4 is 23.1 Å². The molecule has 98 valence electrons. The highest BCUT2D eigenvalue weighted by Gasteiger charge is 2.48. The lowest BCUT2D eigenvalue weighted by Crippen LogP contribution is -2.53. The first-order chi connectivity index (χ1) is 8.58. The third-order valence-corrected chi connectivity index (χ3v) is 4.46. The molecule has 0 aromatic carbocycles. The van der Waals surface area contributed by atoms with Gasteiger partial charge in [0.25, 0.3) is 0 Å². The highest BCUT2D eigenvalue weighted by Crippen LogP contribution is 2.41. The molecule has 1 aliphatic carbocycles. The van der Waals surface area contributed by atoms with Crippen LogP contribution in [0.15, 0.2) is 17.3 Å². The highest BCUT2D eigenvalue weighted by atomic mass is 32.1. The molecule has 6 heteroatoms. The lowest BCUT2D eigenvalue weighted by molar-refractivity contribution is -0.131. The van der Waals surface area contributed by atoms with Crippen molar-refractivity contribution in [2.24, 2.45) is 16.3 Å². The van der Waals surface area contributed by atoms with Crippen LogP contribution in [0.4, 0.5) is 0 Å². The second-order valence-corrected chi connectivity index (χ2v) is 5.99. The van der Waals surface area contributed by atoms with Gasteiger partial charge >= 0.3 is 0 Å². The molecule has 1 aromatic rings. The summed E-state index contributed by atoms with van der Waals surface area (Å²) in [6, 6.07) is 4.02. The molecule has 5 nitrogen and oxygen atoms in total. The molecule has 2 rings (SSSR count). The van der Waals surface area contributed by atoms with Crippen LogP contribution in [0.5, 0.6) is 0 Å². The summed E-state index contributed by atoms with van der Waals surface area (Å²) < 4.78 is 0. The maximum Gasteiger partial charge on any atom is 0.234 e. The summed E-state index contributed by atoms with van der Waals surface area (Å²) >= 11 is 1.65. The van der Waals surface area contributed by atoms with Crippen LogP contribution in [0.25, 0.3) is 0 Å². The maximum atomic E-state index is 12.1. The highest BCUT2D eigenvalue weighted by molar-refractivity contribution is 7.11. The van der Waals surface area contributed by atoms with E-state index >= 15 is 0 Å². The van der Waals surface area contributed by atoms with E-state index in [1.807, 2.05) is 19.1 Å². The number of thiophene rings is 1. The van der Waals surface area contributed by atoms with E-state index in [1.54, 1.807) is 11.3 Å². The third-order valence-electron chi connectivity index (χ3n) is 3.46. The van der Waals surface area contributed by atoms with E-state index in [-0.39, 0.29) is 11.7 Å². The standard InChI is InChI=1S/C12H17N3O2S/c1-8-3-4-9(18-8)7-14-11(16)12(5-2-6-12)10(13)15-17/h3-4,17H,2,5-7H2,1H3,(H2,13,15)(H,14,16). The molecule has 1 aromatic heterocycles. The van der Waals surface area contributed by atoms with Gasteiger partial charge in [-0.15, -0.1) is 11.3 Å². The van der Waals surface area contributed by atoms with Gasteiger partial charge in [-0.25, -0.2) is 0 Å². The SMILES string of the molecule is Cc1ccc(CNC(=O)C2(/C(N)=N/O)CCC2)s1. The molecule has 0 unspecified atom stereocenters. The fourth-order valence-electron chi connectivity index (χ4n) is 2.14. The average Bonchev–Trinajstić information content (AvgIpc) is 2.70. The Morgan fingerprint density at radius 2 is 2.33 bits per heavy atom. The zero-order chi connectivity index (χ0) is 13.2. The van der Waals surface area contributed by atoms with Gasteiger partial charge in [-0.3, -0.25) is 4.79 Å². The molecule has 18 heavy (non-hydrogen) atoms. The summed E-state index contributed by atoms with van der Waals surface area (Å²) in [5.74, 6) is -0.122. The summed E-state index contributed by atoms with van der Waals surface area (Å²) in [7, 11) is 0. The van der Waals surface area contributed by atoms with Crippen LogP contribution in [-0.2, 0) is 11.3 Å². The normalized spacial score (nSPS) is 18.2. The Morgan fingerprint density at radius 1 is 1.61 bits per heavy atom. The predicted molar refractivity (Wildman–Crippen MR) is 70.6 cm³/mol. The van der Waals surface area contributed by atoms with Gasteiger partial charge in [0, 0.05) is 9.75 Å². The molecule has 0 atom stereocenters. The van der Waals surface area contributed by atoms with E-state index in [4.69, 9.17) is 10.9 Å². The van der Waals surface area contributed by atoms with Gasteiger partial charge in [0.2, 0.25) is 5.91 Å². The number of nitrogens with one attached hydrogen (secondary N) is 1. The average molecular weight is 267 g/mol. The topological polar surface area (TPSA) is 87.7 Å². The Kier molecular flexibility index (Phi) is 3.56. The molecule has 1 heterocycles. The van der Waals surface area contributed by atoms with Gasteiger partial charge in [0.15, 0.2) is 5.84 Å². The fraction of sp³-hybridized carbons (Fsp3) is 0.500. The molecule has 0 radical (unpaired) electrons. The lowest BCUT2D eigenvalue weighted by atomic mass is 9.67. The molecule has 0 spiro atoms. The minimum absolute atomic E-state index is 0.0219. The van der Waals surface area contributed by atoms with Crippen molar-refractivity contribution in [1.82, 2.24) is 5.32 Å². The maximum absolute atomic E-state index is 12.1. The number of nitrogens with two attached hydrogens (primary N) is 1. The Hall–Kier alpha value is -1.56. The van der Waals surface area contributed by atoms with Crippen LogP contribution in [0.2, 0.25) is 0 Å². The van der Waals surface area contributed by atoms with Crippen LogP contribution in [0, 0.1) is 12.3 Å². The first kappa shape index (κ1) is 12.9. The van der Waals surface area contributed by atoms with Crippen LogP contribution in [0.1, 0.15) is 29.0 Å². The number of aryl methyl sites for hydroxylation is 1. The van der Waals surface area contributed by atoms with E-state index in [0.29, 0.717) is 19.4 Å². The smallest absolute Gasteiger partial charge is 0.234 e. The van der Waals surface area contributed by atoms with Crippen molar-refractivity contribution in [3.8, 4) is 0 Å². The van der Waals surface area contributed by atoms with Gasteiger partial charge in [-0.05, 0) is 31.9 Å². The molecular formula is C12H17N3O2S. The minimum atomic E-state index is -0.791. The molecule has 0 bridgehead atoms. The molecule has 1 fully saturated rings. The Labute approximate surface area is 110 Å². The number of amides is 1. The second kappa shape index (κ2) is 4.97. The zero-order valence-corrected chi connectivity index (χ0v) is 11.1. The number of rotatable bonds is 4. The largest absolute Gasteiger partial charge is 0.409 e. The molecule has 1 aliphatic rings. The van der Waals surface area contributed by atoms with Crippen molar-refractivity contribution in [3.63, 3.8) is 0 Å². The van der Waals surface area contributed by atoms with Gasteiger partial charge < -0.3 is 16.3 Å². The number of carbonyl (C=O) groups excluding carboxylic acids is 1. The van der Waals surface area contributed by atoms with Gasteiger partial charge in [0.1, 0.15) is 5.41 Å². The number of nitrogens with zero attached hydrogens (tertiary/aromatic N) is 1. The molecular weight excluding hydrogens is 250 g/mol. The van der Waals surface area contributed by atoms with Crippen LogP contribution >= 0.6 is 11.3 Å². The minimum Gasteiger partial charge on any atom is -0.409 e. The third kappa shape index (κ3) is 2.20. The van der Waals surface area contributed by atoms with E-state index in [0.717, 1.165) is 11.3 Å². The summed E-state index contributed by atoms with van der Waals surface area (Å²) in [6.07, 6.45) is 2.23. The first-order valence-corrected chi connectivity index (χ1v) is 6.72. The molecule has 0 aliphatic heterocycles. The lowest BCUT2D eigenvalue weighted by Gasteiger charge is -2.38. The van der Waals surface area contributed by atoms with Crippen molar-refractivity contribution in [1.29, 1.82) is 0 Å². The Morgan fingerprint density at radius 3 is 2.78 bits per heavy atom. The fourth-order valence-corrected chi connectivity index (χ4v) is 2.97. The van der Waals surface area contributed by atoms with Crippen molar-refractivity contribution in [2.45, 2.75) is 32.7 Å². The van der Waals surface area contributed by atoms with Crippen LogP contribution in [-0.4, -0.2) is 17.0 Å². The number of oxime groups is 1. The van der Waals surface area contributed by atoms with E-state index in [2.05, 4.69) is 10.5 Å². The summed E-state index contributed by atoms with van der Waals surface area (Å²) in [4.78, 5) is 14.5. The Bertz CT molecular complexity index is 477. The van der Waals surface area contributed by atoms with Crippen LogP contribution < -0.4 is 11.1 Å². The molecule has 4 N–H and O–H groups in total. The van der Waals surface area contributed by atoms with E-state index in [1.165, 1.54) is 4.88 Å². The second-order valence-electron chi connectivity index (χ2n) is 4.62. The van der Waals surface area contributed by atoms with E-state index < -0.39 is 5.41 Å². The van der Waals surface area contributed by atoms with Crippen LogP contribution in [0.3, 0.4) is 0 Å². The van der Waals surface area contributed by atoms with Crippen molar-refractivity contribution < 1.29 is 10.0 Å². The molecule has 1 saturated carbocycles. The number of amidine groups is 1. The monoisotopic (exact) mass is 267 g/mol. The molecule has 1 amide bonds. The predicted octanol–water partition coefficient (Wildman–Crippen LogP) is 1.59. The number of carbonyl (C=O) groups is 1. The zero-order valence-electron chi connectivity index (χ0n) is 10.3. The summed E-state index contributed by atoms with van der Waals surface area (Å²) in [5.41, 5.74) is 4.84. The van der Waals surface area contributed by atoms with Gasteiger partial charge in [0.05, 0.1) is 6.54 Å². The first-order valence-electron chi connectivity index (χ1n) is 5.90. The molecule has 0 saturated heterocycles. The Balaban J connectivity index is 1.99. The number of hydrogen-bond acceptors (Lipinski definition) is 4. The van der Waals surface area contributed by atoms with Crippen molar-refractivity contribution in [2.75, 3.05) is 0 Å². The quantitative estimate of drug-likeness (QED) is 0.335. The summed E-state index contributed by atoms with van der Waals surface area (Å²) in [6.45, 7) is 2.53. The van der Waals surface area contributed by atoms with Gasteiger partial charge in [-0.2, -0.15) is 0 Å². The van der Waals surface area contributed by atoms with Crippen molar-refractivity contribution in [3.05, 3.63) is 21.9 Å². The van der Waals surface area contributed by atoms with E-state index in [9.17, 15) is 4.79 Å². The van der Waals surface area contributed by atoms with Gasteiger partial charge in [-0.1, -0.05) is 11.6 Å².